The van der Waals surface area contributed by atoms with Crippen molar-refractivity contribution in [3.63, 3.8) is 0 Å². The molecule has 4 heterocycles. The van der Waals surface area contributed by atoms with Crippen molar-refractivity contribution in [2.75, 3.05) is 11.9 Å². The lowest BCUT2D eigenvalue weighted by Crippen LogP contribution is -2.48. The summed E-state index contributed by atoms with van der Waals surface area (Å²) in [6.45, 7) is 12.1. The van der Waals surface area contributed by atoms with E-state index < -0.39 is 94.5 Å². The smallest absolute Gasteiger partial charge is 0.457 e. The first-order valence-corrected chi connectivity index (χ1v) is 22.1. The summed E-state index contributed by atoms with van der Waals surface area (Å²) in [5.74, 6) is -4.06. The molecule has 0 bridgehead atoms. The van der Waals surface area contributed by atoms with E-state index in [4.69, 9.17) is 18.9 Å². The Bertz CT molecular complexity index is 2340. The molecule has 6 rings (SSSR count). The number of nitrogens with zero attached hydrogens (tertiary/aromatic N) is 3. The summed E-state index contributed by atoms with van der Waals surface area (Å²) in [4.78, 5) is 95.2. The van der Waals surface area contributed by atoms with Crippen molar-refractivity contribution in [2.45, 2.75) is 123 Å². The molecule has 64 heavy (non-hydrogen) atoms. The number of imide groups is 1. The minimum Gasteiger partial charge on any atom is -0.457 e. The van der Waals surface area contributed by atoms with Crippen LogP contribution < -0.4 is 5.32 Å². The number of amides is 3. The summed E-state index contributed by atoms with van der Waals surface area (Å²) < 4.78 is 24.5. The molecule has 2 fully saturated rings. The molecule has 17 nitrogen and oxygen atoms in total. The zero-order chi connectivity index (χ0) is 46.5. The highest BCUT2D eigenvalue weighted by molar-refractivity contribution is 7.18. The molecule has 0 aliphatic carbocycles. The Morgan fingerprint density at radius 1 is 1.12 bits per heavy atom. The van der Waals surface area contributed by atoms with Crippen LogP contribution in [0.5, 0.6) is 0 Å². The van der Waals surface area contributed by atoms with Crippen LogP contribution >= 0.6 is 11.3 Å². The molecular formula is C46H54N4O13S. The van der Waals surface area contributed by atoms with Crippen molar-refractivity contribution in [3.05, 3.63) is 87.5 Å². The highest BCUT2D eigenvalue weighted by Gasteiger charge is 2.53. The van der Waals surface area contributed by atoms with Crippen molar-refractivity contribution >= 4 is 68.6 Å². The SMILES string of the molecule is C=CC[C@H]1C(=O)C(C)(C)[C@@H](OC(=O)OCc2ccc(NC(=O)CCCN3C(=O)C=CC3=O)c([N+](=O)[O-])c2)CC(=O)O[C@H](c2ccc3sc(C)nc3c2)C[C@@H]2O[C@]2(C)CCC[C@H](C)[C@@H]1O. The number of carbonyl (C=O) groups is 6. The number of rotatable bonds is 12. The zero-order valence-electron chi connectivity index (χ0n) is 36.5. The number of nitro groups is 1. The minimum atomic E-state index is -1.58. The van der Waals surface area contributed by atoms with Crippen LogP contribution in [0.15, 0.2) is 61.2 Å². The first-order valence-electron chi connectivity index (χ1n) is 21.3. The number of esters is 1. The number of ether oxygens (including phenoxy) is 4. The van der Waals surface area contributed by atoms with Crippen LogP contribution in [-0.2, 0) is 49.5 Å². The van der Waals surface area contributed by atoms with E-state index in [0.717, 1.165) is 38.3 Å². The second-order valence-corrected chi connectivity index (χ2v) is 18.7. The van der Waals surface area contributed by atoms with Crippen LogP contribution in [0.4, 0.5) is 16.2 Å². The lowest BCUT2D eigenvalue weighted by atomic mass is 9.71. The molecule has 3 amide bonds. The molecule has 2 N–H and O–H groups in total. The Labute approximate surface area is 374 Å². The fourth-order valence-corrected chi connectivity index (χ4v) is 9.16. The van der Waals surface area contributed by atoms with Crippen molar-refractivity contribution in [1.82, 2.24) is 9.88 Å². The summed E-state index contributed by atoms with van der Waals surface area (Å²) in [5, 5.41) is 27.0. The number of hydrogen-bond acceptors (Lipinski definition) is 15. The highest BCUT2D eigenvalue weighted by atomic mass is 32.1. The maximum absolute atomic E-state index is 14.5. The third kappa shape index (κ3) is 11.3. The average Bonchev–Trinajstić information content (AvgIpc) is 3.52. The quantitative estimate of drug-likeness (QED) is 0.0451. The lowest BCUT2D eigenvalue weighted by Gasteiger charge is -2.37. The van der Waals surface area contributed by atoms with Gasteiger partial charge in [-0.25, -0.2) is 9.78 Å². The molecule has 1 aromatic heterocycles. The number of nitrogens with one attached hydrogen (secondary N) is 1. The number of benzene rings is 2. The normalized spacial score (nSPS) is 26.2. The maximum Gasteiger partial charge on any atom is 0.508 e. The van der Waals surface area contributed by atoms with Gasteiger partial charge in [0, 0.05) is 43.5 Å². The number of fused-ring (bicyclic) bond motifs is 2. The van der Waals surface area contributed by atoms with E-state index in [-0.39, 0.29) is 49.1 Å². The fraction of sp³-hybridized carbons (Fsp3) is 0.500. The third-order valence-electron chi connectivity index (χ3n) is 12.3. The maximum atomic E-state index is 14.5. The molecule has 0 saturated carbocycles. The van der Waals surface area contributed by atoms with Gasteiger partial charge in [0.25, 0.3) is 17.5 Å². The number of Topliss-reactive ketones (excluding diaryl/α,β-unsaturated/α-hetero) is 1. The van der Waals surface area contributed by atoms with Crippen LogP contribution in [0.3, 0.4) is 0 Å². The van der Waals surface area contributed by atoms with Crippen molar-refractivity contribution < 1.29 is 57.7 Å². The Balaban J connectivity index is 1.19. The van der Waals surface area contributed by atoms with Gasteiger partial charge in [0.2, 0.25) is 5.91 Å². The van der Waals surface area contributed by atoms with Crippen LogP contribution in [0.25, 0.3) is 10.2 Å². The van der Waals surface area contributed by atoms with Gasteiger partial charge in [-0.1, -0.05) is 31.6 Å². The van der Waals surface area contributed by atoms with E-state index in [2.05, 4.69) is 16.9 Å². The molecular weight excluding hydrogens is 849 g/mol. The van der Waals surface area contributed by atoms with Gasteiger partial charge >= 0.3 is 12.1 Å². The largest absolute Gasteiger partial charge is 0.508 e. The number of ketones is 1. The molecule has 3 aliphatic heterocycles. The summed E-state index contributed by atoms with van der Waals surface area (Å²) >= 11 is 1.54. The molecule has 0 spiro atoms. The van der Waals surface area contributed by atoms with Gasteiger partial charge < -0.3 is 29.4 Å². The van der Waals surface area contributed by atoms with E-state index in [1.807, 2.05) is 39.0 Å². The topological polar surface area (TPSA) is 234 Å². The second kappa shape index (κ2) is 19.9. The number of nitro benzene ring substituents is 1. The third-order valence-corrected chi connectivity index (χ3v) is 13.3. The lowest BCUT2D eigenvalue weighted by molar-refractivity contribution is -0.384. The molecule has 3 aliphatic rings. The fourth-order valence-electron chi connectivity index (χ4n) is 8.36. The molecule has 3 aromatic rings. The van der Waals surface area contributed by atoms with Gasteiger partial charge in [0.1, 0.15) is 30.3 Å². The number of carbonyl (C=O) groups excluding carboxylic acids is 6. The molecule has 2 aromatic carbocycles. The van der Waals surface area contributed by atoms with E-state index in [1.54, 1.807) is 11.3 Å². The predicted octanol–water partition coefficient (Wildman–Crippen LogP) is 7.37. The molecule has 0 unspecified atom stereocenters. The van der Waals surface area contributed by atoms with E-state index in [9.17, 15) is 44.0 Å². The Hall–Kier alpha value is -5.85. The summed E-state index contributed by atoms with van der Waals surface area (Å²) in [6, 6.07) is 9.45. The van der Waals surface area contributed by atoms with E-state index >= 15 is 0 Å². The number of thiazole rings is 1. The molecule has 0 radical (unpaired) electrons. The monoisotopic (exact) mass is 902 g/mol. The molecule has 18 heteroatoms. The second-order valence-electron chi connectivity index (χ2n) is 17.4. The summed E-state index contributed by atoms with van der Waals surface area (Å²) in [5.41, 5.74) is -1.09. The molecule has 2 saturated heterocycles. The highest BCUT2D eigenvalue weighted by Crippen LogP contribution is 2.47. The number of aromatic nitrogens is 1. The van der Waals surface area contributed by atoms with E-state index in [1.165, 1.54) is 32.1 Å². The van der Waals surface area contributed by atoms with E-state index in [0.29, 0.717) is 31.2 Å². The van der Waals surface area contributed by atoms with Crippen molar-refractivity contribution in [3.8, 4) is 0 Å². The molecule has 7 atom stereocenters. The number of aliphatic hydroxyl groups is 1. The summed E-state index contributed by atoms with van der Waals surface area (Å²) in [7, 11) is 0. The van der Waals surface area contributed by atoms with Crippen molar-refractivity contribution in [2.24, 2.45) is 17.3 Å². The van der Waals surface area contributed by atoms with Crippen LogP contribution in [0.1, 0.15) is 101 Å². The summed E-state index contributed by atoms with van der Waals surface area (Å²) in [6.07, 6.45) is 0.859. The number of aryl methyl sites for hydroxylation is 1. The van der Waals surface area contributed by atoms with Gasteiger partial charge in [0.15, 0.2) is 0 Å². The standard InChI is InChI=1S/C46H54N4O13S/c1-7-10-30-42(55)26(2)11-8-19-46(6)37(63-46)23-34(29-14-16-35-32(22-29)47-27(3)64-35)61-41(54)24-36(45(4,5)43(30)56)62-44(57)60-25-28-13-15-31(33(21-28)50(58)59)48-38(51)12-9-20-49-39(52)17-18-40(49)53/h7,13-18,21-22,26,30,34,36-37,42,55H,1,8-12,19-20,23-25H2,2-6H3,(H,48,51)/t26-,30+,34-,36-,37-,42-,46+/m0/s1. The number of epoxide rings is 1. The molecule has 342 valence electrons. The van der Waals surface area contributed by atoms with Gasteiger partial charge in [-0.05, 0) is 88.6 Å². The van der Waals surface area contributed by atoms with Crippen LogP contribution in [0.2, 0.25) is 0 Å². The van der Waals surface area contributed by atoms with Gasteiger partial charge in [-0.3, -0.25) is 39.0 Å². The average molecular weight is 903 g/mol. The van der Waals surface area contributed by atoms with Gasteiger partial charge in [-0.2, -0.15) is 0 Å². The predicted molar refractivity (Wildman–Crippen MR) is 234 cm³/mol. The number of anilines is 1. The van der Waals surface area contributed by atoms with Crippen LogP contribution in [0, 0.1) is 34.3 Å². The van der Waals surface area contributed by atoms with Gasteiger partial charge in [-0.15, -0.1) is 17.9 Å². The number of cyclic esters (lactones) is 1. The zero-order valence-corrected chi connectivity index (χ0v) is 37.4. The first kappa shape index (κ1) is 47.6. The first-order chi connectivity index (χ1) is 30.3. The number of hydrogen-bond donors (Lipinski definition) is 2. The van der Waals surface area contributed by atoms with Gasteiger partial charge in [0.05, 0.1) is 49.8 Å². The van der Waals surface area contributed by atoms with Crippen LogP contribution in [-0.4, -0.2) is 86.0 Å². The Morgan fingerprint density at radius 3 is 2.56 bits per heavy atom. The Morgan fingerprint density at radius 2 is 1.86 bits per heavy atom. The number of allylic oxidation sites excluding steroid dienone is 1. The Kier molecular flexibility index (Phi) is 14.8. The van der Waals surface area contributed by atoms with Crippen molar-refractivity contribution in [1.29, 1.82) is 0 Å². The number of aliphatic hydroxyl groups excluding tert-OH is 1. The minimum absolute atomic E-state index is 0.00338.